The van der Waals surface area contributed by atoms with E-state index in [4.69, 9.17) is 10.5 Å². The first-order chi connectivity index (χ1) is 10.1. The van der Waals surface area contributed by atoms with E-state index in [-0.39, 0.29) is 5.91 Å². The molecule has 5 nitrogen and oxygen atoms in total. The summed E-state index contributed by atoms with van der Waals surface area (Å²) in [5.74, 6) is -0.198. The number of anilines is 1. The molecule has 0 aliphatic carbocycles. The quantitative estimate of drug-likeness (QED) is 0.860. The van der Waals surface area contributed by atoms with E-state index in [1.165, 1.54) is 13.2 Å². The lowest BCUT2D eigenvalue weighted by Gasteiger charge is -2.11. The Balaban J connectivity index is 2.04. The zero-order valence-corrected chi connectivity index (χ0v) is 12.4. The van der Waals surface area contributed by atoms with Crippen molar-refractivity contribution in [3.05, 3.63) is 46.2 Å². The van der Waals surface area contributed by atoms with Crippen LogP contribution in [0, 0.1) is 0 Å². The van der Waals surface area contributed by atoms with E-state index in [2.05, 4.69) is 5.32 Å². The van der Waals surface area contributed by atoms with Gasteiger partial charge in [0.1, 0.15) is 5.75 Å². The van der Waals surface area contributed by atoms with Crippen LogP contribution in [0.4, 0.5) is 5.69 Å². The number of hydrogen-bond donors (Lipinski definition) is 2. The summed E-state index contributed by atoms with van der Waals surface area (Å²) in [5, 5.41) is 6.75. The molecule has 0 fully saturated rings. The summed E-state index contributed by atoms with van der Waals surface area (Å²) in [6, 6.07) is 6.67. The summed E-state index contributed by atoms with van der Waals surface area (Å²) < 4.78 is 5.17. The second kappa shape index (κ2) is 6.90. The third-order valence-electron chi connectivity index (χ3n) is 2.98. The van der Waals surface area contributed by atoms with Crippen molar-refractivity contribution in [3.63, 3.8) is 0 Å². The average Bonchev–Trinajstić information content (AvgIpc) is 2.98. The minimum absolute atomic E-state index is 0.138. The van der Waals surface area contributed by atoms with Crippen LogP contribution in [0.5, 0.6) is 5.75 Å². The molecule has 0 atom stereocenters. The molecule has 0 radical (unpaired) electrons. The molecule has 21 heavy (non-hydrogen) atoms. The number of methoxy groups -OCH3 is 1. The Bertz CT molecular complexity index is 638. The molecule has 0 aliphatic rings. The average molecular weight is 304 g/mol. The van der Waals surface area contributed by atoms with Gasteiger partial charge in [-0.25, -0.2) is 0 Å². The third kappa shape index (κ3) is 4.06. The number of nitrogens with one attached hydrogen (secondary N) is 1. The van der Waals surface area contributed by atoms with E-state index in [0.717, 1.165) is 5.56 Å². The van der Waals surface area contributed by atoms with Crippen LogP contribution in [0.2, 0.25) is 0 Å². The number of thiophene rings is 1. The first-order valence-electron chi connectivity index (χ1n) is 6.39. The van der Waals surface area contributed by atoms with E-state index in [1.54, 1.807) is 23.5 Å². The van der Waals surface area contributed by atoms with E-state index in [0.29, 0.717) is 29.8 Å². The summed E-state index contributed by atoms with van der Waals surface area (Å²) in [6.45, 7) is 0. The fourth-order valence-electron chi connectivity index (χ4n) is 1.86. The molecule has 110 valence electrons. The van der Waals surface area contributed by atoms with E-state index < -0.39 is 5.91 Å². The Labute approximate surface area is 126 Å². The highest BCUT2D eigenvalue weighted by Crippen LogP contribution is 2.25. The topological polar surface area (TPSA) is 81.4 Å². The molecule has 1 aromatic carbocycles. The molecule has 3 N–H and O–H groups in total. The molecule has 2 amide bonds. The first kappa shape index (κ1) is 15.1. The maximum absolute atomic E-state index is 12.0. The van der Waals surface area contributed by atoms with Gasteiger partial charge in [-0.15, -0.1) is 0 Å². The summed E-state index contributed by atoms with van der Waals surface area (Å²) in [4.78, 5) is 23.2. The highest BCUT2D eigenvalue weighted by atomic mass is 32.1. The Hall–Kier alpha value is -2.34. The molecular formula is C15H16N2O3S. The van der Waals surface area contributed by atoms with Gasteiger partial charge in [0, 0.05) is 12.0 Å². The Morgan fingerprint density at radius 2 is 2.14 bits per heavy atom. The van der Waals surface area contributed by atoms with E-state index in [1.807, 2.05) is 16.8 Å². The lowest BCUT2D eigenvalue weighted by atomic mass is 10.1. The molecule has 0 saturated heterocycles. The number of ether oxygens (including phenoxy) is 1. The smallest absolute Gasteiger partial charge is 0.248 e. The number of nitrogens with two attached hydrogens (primary N) is 1. The van der Waals surface area contributed by atoms with Gasteiger partial charge in [0.15, 0.2) is 0 Å². The summed E-state index contributed by atoms with van der Waals surface area (Å²) in [6.07, 6.45) is 1.04. The van der Waals surface area contributed by atoms with Crippen LogP contribution in [0.25, 0.3) is 0 Å². The zero-order chi connectivity index (χ0) is 15.2. The fourth-order valence-corrected chi connectivity index (χ4v) is 2.57. The fraction of sp³-hybridized carbons (Fsp3) is 0.200. The highest BCUT2D eigenvalue weighted by molar-refractivity contribution is 7.07. The molecule has 6 heteroatoms. The van der Waals surface area contributed by atoms with Gasteiger partial charge in [0.2, 0.25) is 11.8 Å². The van der Waals surface area contributed by atoms with Crippen molar-refractivity contribution in [1.82, 2.24) is 0 Å². The number of rotatable bonds is 6. The van der Waals surface area contributed by atoms with Crippen molar-refractivity contribution in [1.29, 1.82) is 0 Å². The van der Waals surface area contributed by atoms with Crippen molar-refractivity contribution < 1.29 is 14.3 Å². The molecule has 2 rings (SSSR count). The number of benzene rings is 1. The molecule has 0 aliphatic heterocycles. The van der Waals surface area contributed by atoms with Crippen LogP contribution in [0.15, 0.2) is 35.0 Å². The molecule has 2 aromatic rings. The standard InChI is InChI=1S/C15H16N2O3S/c1-20-13-4-3-11(15(16)19)8-12(13)17-14(18)5-2-10-6-7-21-9-10/h3-4,6-9H,2,5H2,1H3,(H2,16,19)(H,17,18). The van der Waals surface area contributed by atoms with Gasteiger partial charge in [-0.1, -0.05) is 0 Å². The number of carbonyl (C=O) groups is 2. The number of aryl methyl sites for hydroxylation is 1. The number of amides is 2. The van der Waals surface area contributed by atoms with E-state index in [9.17, 15) is 9.59 Å². The van der Waals surface area contributed by atoms with Crippen LogP contribution in [-0.2, 0) is 11.2 Å². The van der Waals surface area contributed by atoms with Crippen molar-refractivity contribution >= 4 is 28.8 Å². The summed E-state index contributed by atoms with van der Waals surface area (Å²) in [5.41, 5.74) is 7.14. The normalized spacial score (nSPS) is 10.1. The van der Waals surface area contributed by atoms with Crippen molar-refractivity contribution in [2.24, 2.45) is 5.73 Å². The summed E-state index contributed by atoms with van der Waals surface area (Å²) >= 11 is 1.60. The number of primary amides is 1. The lowest BCUT2D eigenvalue weighted by Crippen LogP contribution is -2.15. The van der Waals surface area contributed by atoms with Gasteiger partial charge in [-0.2, -0.15) is 11.3 Å². The molecular weight excluding hydrogens is 288 g/mol. The predicted molar refractivity (Wildman–Crippen MR) is 82.8 cm³/mol. The SMILES string of the molecule is COc1ccc(C(N)=O)cc1NC(=O)CCc1ccsc1. The molecule has 1 heterocycles. The van der Waals surface area contributed by atoms with Gasteiger partial charge < -0.3 is 15.8 Å². The van der Waals surface area contributed by atoms with Gasteiger partial charge in [-0.05, 0) is 47.0 Å². The maximum atomic E-state index is 12.0. The van der Waals surface area contributed by atoms with Crippen molar-refractivity contribution in [2.45, 2.75) is 12.8 Å². The Morgan fingerprint density at radius 3 is 2.76 bits per heavy atom. The molecule has 0 spiro atoms. The molecule has 0 saturated carbocycles. The molecule has 1 aromatic heterocycles. The zero-order valence-electron chi connectivity index (χ0n) is 11.6. The Morgan fingerprint density at radius 1 is 1.33 bits per heavy atom. The largest absolute Gasteiger partial charge is 0.495 e. The van der Waals surface area contributed by atoms with Crippen LogP contribution < -0.4 is 15.8 Å². The van der Waals surface area contributed by atoms with E-state index >= 15 is 0 Å². The van der Waals surface area contributed by atoms with Gasteiger partial charge >= 0.3 is 0 Å². The number of carbonyl (C=O) groups excluding carboxylic acids is 2. The van der Waals surface area contributed by atoms with Crippen molar-refractivity contribution in [2.75, 3.05) is 12.4 Å². The first-order valence-corrected chi connectivity index (χ1v) is 7.33. The van der Waals surface area contributed by atoms with Gasteiger partial charge in [0.05, 0.1) is 12.8 Å². The van der Waals surface area contributed by atoms with Crippen LogP contribution in [0.1, 0.15) is 22.3 Å². The van der Waals surface area contributed by atoms with Crippen LogP contribution >= 0.6 is 11.3 Å². The summed E-state index contributed by atoms with van der Waals surface area (Å²) in [7, 11) is 1.50. The van der Waals surface area contributed by atoms with Crippen LogP contribution in [0.3, 0.4) is 0 Å². The molecule has 0 bridgehead atoms. The highest BCUT2D eigenvalue weighted by Gasteiger charge is 2.11. The van der Waals surface area contributed by atoms with Gasteiger partial charge in [-0.3, -0.25) is 9.59 Å². The molecule has 0 unspecified atom stereocenters. The Kier molecular flexibility index (Phi) is 4.94. The second-order valence-corrected chi connectivity index (χ2v) is 5.24. The predicted octanol–water partition coefficient (Wildman–Crippen LogP) is 2.43. The van der Waals surface area contributed by atoms with Crippen LogP contribution in [-0.4, -0.2) is 18.9 Å². The number of hydrogen-bond acceptors (Lipinski definition) is 4. The van der Waals surface area contributed by atoms with Crippen molar-refractivity contribution in [3.8, 4) is 5.75 Å². The monoisotopic (exact) mass is 304 g/mol. The second-order valence-electron chi connectivity index (χ2n) is 4.46. The minimum atomic E-state index is -0.550. The third-order valence-corrected chi connectivity index (χ3v) is 3.71. The minimum Gasteiger partial charge on any atom is -0.495 e. The lowest BCUT2D eigenvalue weighted by molar-refractivity contribution is -0.116. The maximum Gasteiger partial charge on any atom is 0.248 e. The van der Waals surface area contributed by atoms with Gasteiger partial charge in [0.25, 0.3) is 0 Å².